The normalized spacial score (nSPS) is 20.0. The van der Waals surface area contributed by atoms with Crippen LogP contribution in [0.2, 0.25) is 0 Å². The Morgan fingerprint density at radius 3 is 2.33 bits per heavy atom. The summed E-state index contributed by atoms with van der Waals surface area (Å²) in [6, 6.07) is 37.9. The number of phenols is 1. The van der Waals surface area contributed by atoms with Gasteiger partial charge < -0.3 is 39.7 Å². The molecule has 12 nitrogen and oxygen atoms in total. The van der Waals surface area contributed by atoms with Crippen LogP contribution in [0.3, 0.4) is 0 Å². The van der Waals surface area contributed by atoms with Crippen LogP contribution in [0.1, 0.15) is 64.7 Å². The molecule has 5 aromatic carbocycles. The molecular formula is C46H47N3O9. The lowest BCUT2D eigenvalue weighted by molar-refractivity contribution is -0.252. The molecule has 3 amide bonds. The van der Waals surface area contributed by atoms with Crippen molar-refractivity contribution in [1.82, 2.24) is 15.1 Å². The zero-order chi connectivity index (χ0) is 40.6. The van der Waals surface area contributed by atoms with E-state index in [0.717, 1.165) is 43.8 Å². The molecule has 0 radical (unpaired) electrons. The largest absolute Gasteiger partial charge is 0.508 e. The number of hydrogen-bond donors (Lipinski definition) is 4. The first-order chi connectivity index (χ1) is 28.1. The fraction of sp³-hybridized carbons (Fsp3) is 0.283. The fourth-order valence-corrected chi connectivity index (χ4v) is 7.35. The van der Waals surface area contributed by atoms with E-state index in [9.17, 15) is 29.7 Å². The van der Waals surface area contributed by atoms with Gasteiger partial charge in [0.25, 0.3) is 5.91 Å². The maximum absolute atomic E-state index is 13.3. The minimum absolute atomic E-state index is 0.0450. The number of amides is 3. The fourth-order valence-electron chi connectivity index (χ4n) is 7.35. The molecular weight excluding hydrogens is 739 g/mol. The van der Waals surface area contributed by atoms with Crippen molar-refractivity contribution in [3.63, 3.8) is 0 Å². The monoisotopic (exact) mass is 785 g/mol. The summed E-state index contributed by atoms with van der Waals surface area (Å²) in [6.45, 7) is 0.854. The van der Waals surface area contributed by atoms with E-state index in [4.69, 9.17) is 14.2 Å². The number of aliphatic hydroxyl groups is 2. The Kier molecular flexibility index (Phi) is 12.9. The minimum Gasteiger partial charge on any atom is -0.508 e. The first-order valence-electron chi connectivity index (χ1n) is 19.3. The van der Waals surface area contributed by atoms with Crippen LogP contribution < -0.4 is 5.32 Å². The molecule has 2 aliphatic heterocycles. The number of aromatic hydroxyl groups is 1. The second-order valence-corrected chi connectivity index (χ2v) is 14.8. The number of likely N-dealkylation sites (N-methyl/N-ethyl adjacent to an activating group) is 1. The summed E-state index contributed by atoms with van der Waals surface area (Å²) in [5.74, 6) is -0.778. The first-order valence-corrected chi connectivity index (χ1v) is 19.3. The zero-order valence-electron chi connectivity index (χ0n) is 32.1. The predicted molar refractivity (Wildman–Crippen MR) is 215 cm³/mol. The molecule has 4 N–H and O–H groups in total. The minimum atomic E-state index is -1.01. The van der Waals surface area contributed by atoms with Crippen LogP contribution in [0.5, 0.6) is 5.75 Å². The predicted octanol–water partition coefficient (Wildman–Crippen LogP) is 6.32. The summed E-state index contributed by atoms with van der Waals surface area (Å²) in [5.41, 5.74) is 6.46. The van der Waals surface area contributed by atoms with Gasteiger partial charge in [0.1, 0.15) is 18.4 Å². The molecule has 0 spiro atoms. The van der Waals surface area contributed by atoms with Crippen LogP contribution in [0, 0.1) is 0 Å². The first kappa shape index (κ1) is 40.3. The molecule has 12 heteroatoms. The van der Waals surface area contributed by atoms with E-state index in [1.807, 2.05) is 115 Å². The number of phenolic OH excluding ortho intramolecular Hbond substituents is 1. The molecule has 0 aromatic heterocycles. The average Bonchev–Trinajstić information content (AvgIpc) is 3.50. The van der Waals surface area contributed by atoms with Crippen molar-refractivity contribution in [1.29, 1.82) is 0 Å². The molecule has 0 bridgehead atoms. The van der Waals surface area contributed by atoms with E-state index in [2.05, 4.69) is 5.32 Å². The number of carbonyl (C=O) groups is 3. The van der Waals surface area contributed by atoms with Gasteiger partial charge in [-0.1, -0.05) is 103 Å². The summed E-state index contributed by atoms with van der Waals surface area (Å²) in [5, 5.41) is 33.0. The van der Waals surface area contributed by atoms with Crippen molar-refractivity contribution in [3.8, 4) is 16.9 Å². The lowest BCUT2D eigenvalue weighted by atomic mass is 9.98. The molecule has 2 saturated heterocycles. The number of benzene rings is 5. The quantitative estimate of drug-likeness (QED) is 0.0940. The van der Waals surface area contributed by atoms with Gasteiger partial charge in [-0.2, -0.15) is 0 Å². The Hall–Kier alpha value is -5.89. The van der Waals surface area contributed by atoms with Crippen LogP contribution in [0.25, 0.3) is 11.1 Å². The molecule has 5 atom stereocenters. The smallest absolute Gasteiger partial charge is 0.408 e. The molecule has 1 unspecified atom stereocenters. The highest BCUT2D eigenvalue weighted by Gasteiger charge is 2.40. The number of imide groups is 1. The van der Waals surface area contributed by atoms with E-state index in [-0.39, 0.29) is 50.0 Å². The summed E-state index contributed by atoms with van der Waals surface area (Å²) in [4.78, 5) is 41.8. The number of likely N-dealkylation sites (tertiary alicyclic amines) is 1. The molecule has 58 heavy (non-hydrogen) atoms. The van der Waals surface area contributed by atoms with Crippen LogP contribution in [-0.4, -0.2) is 75.3 Å². The van der Waals surface area contributed by atoms with Gasteiger partial charge in [0.2, 0.25) is 5.91 Å². The van der Waals surface area contributed by atoms with Crippen molar-refractivity contribution >= 4 is 17.9 Å². The second kappa shape index (κ2) is 18.6. The number of nitrogens with one attached hydrogen (secondary N) is 1. The molecule has 2 aliphatic rings. The van der Waals surface area contributed by atoms with Gasteiger partial charge in [0, 0.05) is 25.1 Å². The van der Waals surface area contributed by atoms with E-state index in [1.165, 1.54) is 0 Å². The third kappa shape index (κ3) is 10.2. The van der Waals surface area contributed by atoms with Gasteiger partial charge in [-0.25, -0.2) is 4.79 Å². The molecule has 2 fully saturated rings. The van der Waals surface area contributed by atoms with Crippen LogP contribution in [0.4, 0.5) is 4.79 Å². The summed E-state index contributed by atoms with van der Waals surface area (Å²) >= 11 is 0. The summed E-state index contributed by atoms with van der Waals surface area (Å²) in [7, 11) is 1.92. The lowest BCUT2D eigenvalue weighted by Crippen LogP contribution is -2.41. The summed E-state index contributed by atoms with van der Waals surface area (Å²) in [6.07, 6.45) is -2.47. The third-order valence-electron chi connectivity index (χ3n) is 10.4. The van der Waals surface area contributed by atoms with Crippen molar-refractivity contribution < 1.29 is 43.9 Å². The van der Waals surface area contributed by atoms with Crippen molar-refractivity contribution in [2.75, 3.05) is 20.1 Å². The Morgan fingerprint density at radius 2 is 1.57 bits per heavy atom. The SMILES string of the molecule is CN(C[C@@H]1C[C@H](c2ccc(CO)cc2)O[C@H](c2cccc(-c3cccc(CN4C(=O)CC(NC(=O)OCc5ccccc5)C4=O)c3)c2)O1)C[C@@H](O)c1cccc(O)c1. The van der Waals surface area contributed by atoms with Crippen molar-refractivity contribution in [2.24, 2.45) is 0 Å². The Labute approximate surface area is 337 Å². The van der Waals surface area contributed by atoms with Crippen molar-refractivity contribution in [3.05, 3.63) is 161 Å². The molecule has 0 aliphatic carbocycles. The Morgan fingerprint density at radius 1 is 0.845 bits per heavy atom. The summed E-state index contributed by atoms with van der Waals surface area (Å²) < 4.78 is 18.5. The highest BCUT2D eigenvalue weighted by molar-refractivity contribution is 6.06. The highest BCUT2D eigenvalue weighted by atomic mass is 16.7. The van der Waals surface area contributed by atoms with Crippen molar-refractivity contribution in [2.45, 2.75) is 63.2 Å². The van der Waals surface area contributed by atoms with Gasteiger partial charge in [-0.15, -0.1) is 0 Å². The van der Waals surface area contributed by atoms with E-state index >= 15 is 0 Å². The molecule has 2 heterocycles. The van der Waals surface area contributed by atoms with Gasteiger partial charge in [-0.05, 0) is 70.3 Å². The Bertz CT molecular complexity index is 2200. The number of alkyl carbamates (subject to hydrolysis) is 1. The topological polar surface area (TPSA) is 158 Å². The lowest BCUT2D eigenvalue weighted by Gasteiger charge is -2.38. The number of ether oxygens (including phenoxy) is 3. The van der Waals surface area contributed by atoms with E-state index in [1.54, 1.807) is 24.3 Å². The van der Waals surface area contributed by atoms with Gasteiger partial charge in [-0.3, -0.25) is 14.5 Å². The number of rotatable bonds is 14. The third-order valence-corrected chi connectivity index (χ3v) is 10.4. The van der Waals surface area contributed by atoms with Gasteiger partial charge in [0.05, 0.1) is 37.9 Å². The number of aliphatic hydroxyl groups excluding tert-OH is 2. The maximum Gasteiger partial charge on any atom is 0.408 e. The van der Waals surface area contributed by atoms with Crippen LogP contribution in [-0.2, 0) is 43.6 Å². The van der Waals surface area contributed by atoms with E-state index in [0.29, 0.717) is 25.1 Å². The molecule has 0 saturated carbocycles. The number of carbonyl (C=O) groups excluding carboxylic acids is 3. The molecule has 300 valence electrons. The van der Waals surface area contributed by atoms with Gasteiger partial charge >= 0.3 is 6.09 Å². The van der Waals surface area contributed by atoms with E-state index < -0.39 is 30.4 Å². The maximum atomic E-state index is 13.3. The highest BCUT2D eigenvalue weighted by Crippen LogP contribution is 2.39. The standard InChI is InChI=1S/C46H47N3O9/c1-48(27-41(52)36-13-7-15-38(51)22-36)26-39-23-42(33-18-16-30(28-50)17-19-33)58-45(57-39)37-14-6-12-35(21-37)34-11-5-10-32(20-34)25-49-43(53)24-40(44(49)54)47-46(55)56-29-31-8-3-2-4-9-31/h2-22,39-42,45,50-52H,23-29H2,1H3,(H,47,55)/t39-,40?,41+,42+,45+/m0/s1. The second-order valence-electron chi connectivity index (χ2n) is 14.8. The number of nitrogens with zero attached hydrogens (tertiary/aromatic N) is 2. The molecule has 5 aromatic rings. The molecule has 7 rings (SSSR count). The van der Waals surface area contributed by atoms with Crippen LogP contribution >= 0.6 is 0 Å². The number of hydrogen-bond acceptors (Lipinski definition) is 10. The van der Waals surface area contributed by atoms with Crippen LogP contribution in [0.15, 0.2) is 127 Å². The average molecular weight is 786 g/mol. The Balaban J connectivity index is 1.03. The van der Waals surface area contributed by atoms with Gasteiger partial charge in [0.15, 0.2) is 6.29 Å². The zero-order valence-corrected chi connectivity index (χ0v) is 32.1.